The molecule has 0 aromatic rings. The SMILES string of the molecule is CCCC(=O)O[C@]1(C(=O)CO)CC[C@H]2C3C[C@H](F)C4=CC(=O)C=C[C@]4(C)[C@@]3(F)[C@@H](O)C[C@@]21C. The Kier molecular flexibility index (Phi) is 5.72. The van der Waals surface area contributed by atoms with Crippen LogP contribution >= 0.6 is 0 Å². The second-order valence-corrected chi connectivity index (χ2v) is 10.5. The minimum atomic E-state index is -2.27. The van der Waals surface area contributed by atoms with Gasteiger partial charge in [-0.3, -0.25) is 14.4 Å². The van der Waals surface area contributed by atoms with Crippen LogP contribution in [0.4, 0.5) is 8.78 Å². The van der Waals surface area contributed by atoms with Crippen molar-refractivity contribution in [3.05, 3.63) is 23.8 Å². The average Bonchev–Trinajstić information content (AvgIpc) is 3.04. The Morgan fingerprint density at radius 3 is 2.61 bits per heavy atom. The smallest absolute Gasteiger partial charge is 0.306 e. The molecule has 3 saturated carbocycles. The summed E-state index contributed by atoms with van der Waals surface area (Å²) < 4.78 is 38.3. The normalized spacial score (nSPS) is 46.2. The second kappa shape index (κ2) is 7.80. The van der Waals surface area contributed by atoms with Gasteiger partial charge in [-0.05, 0) is 62.7 Å². The van der Waals surface area contributed by atoms with Crippen molar-refractivity contribution in [2.24, 2.45) is 22.7 Å². The maximum atomic E-state index is 17.1. The minimum Gasteiger partial charge on any atom is -0.450 e. The number of ketones is 2. The summed E-state index contributed by atoms with van der Waals surface area (Å²) in [6.07, 6.45) is 1.01. The number of ether oxygens (including phenoxy) is 1. The molecule has 4 rings (SSSR count). The van der Waals surface area contributed by atoms with Gasteiger partial charge in [-0.15, -0.1) is 0 Å². The highest BCUT2D eigenvalue weighted by molar-refractivity contribution is 6.01. The van der Waals surface area contributed by atoms with Gasteiger partial charge in [0.25, 0.3) is 0 Å². The molecule has 0 spiro atoms. The van der Waals surface area contributed by atoms with Crippen LogP contribution in [-0.4, -0.2) is 57.9 Å². The summed E-state index contributed by atoms with van der Waals surface area (Å²) in [6.45, 7) is 4.13. The highest BCUT2D eigenvalue weighted by Gasteiger charge is 2.76. The third kappa shape index (κ3) is 2.99. The molecule has 0 aliphatic heterocycles. The van der Waals surface area contributed by atoms with Gasteiger partial charge in [0.1, 0.15) is 12.8 Å². The van der Waals surface area contributed by atoms with Gasteiger partial charge in [0.2, 0.25) is 5.78 Å². The maximum Gasteiger partial charge on any atom is 0.306 e. The molecule has 6 nitrogen and oxygen atoms in total. The molecule has 4 aliphatic rings. The predicted octanol–water partition coefficient (Wildman–Crippen LogP) is 2.95. The van der Waals surface area contributed by atoms with Crippen molar-refractivity contribution in [1.82, 2.24) is 0 Å². The number of hydrogen-bond acceptors (Lipinski definition) is 6. The van der Waals surface area contributed by atoms with Gasteiger partial charge in [-0.25, -0.2) is 8.78 Å². The Morgan fingerprint density at radius 1 is 1.27 bits per heavy atom. The van der Waals surface area contributed by atoms with Crippen LogP contribution in [0.25, 0.3) is 0 Å². The highest BCUT2D eigenvalue weighted by atomic mass is 19.1. The lowest BCUT2D eigenvalue weighted by Crippen LogP contribution is -2.70. The number of aliphatic hydroxyl groups is 2. The fourth-order valence-corrected chi connectivity index (χ4v) is 7.45. The number of allylic oxidation sites excluding steroid dienone is 4. The molecule has 182 valence electrons. The molecule has 0 aromatic carbocycles. The van der Waals surface area contributed by atoms with E-state index in [1.807, 2.05) is 0 Å². The van der Waals surface area contributed by atoms with E-state index >= 15 is 8.78 Å². The molecule has 0 saturated heterocycles. The van der Waals surface area contributed by atoms with Crippen LogP contribution in [-0.2, 0) is 19.1 Å². The van der Waals surface area contributed by atoms with E-state index in [1.165, 1.54) is 19.1 Å². The number of Topliss-reactive ketones (excluding diaryl/α,β-unsaturated/α-hetero) is 1. The molecule has 0 aromatic heterocycles. The summed E-state index contributed by atoms with van der Waals surface area (Å²) in [6, 6.07) is 0. The number of halogens is 2. The fourth-order valence-electron chi connectivity index (χ4n) is 7.45. The van der Waals surface area contributed by atoms with E-state index in [0.717, 1.165) is 6.08 Å². The van der Waals surface area contributed by atoms with Crippen molar-refractivity contribution < 1.29 is 38.1 Å². The molecular weight excluding hydrogens is 434 g/mol. The van der Waals surface area contributed by atoms with Crippen molar-refractivity contribution in [3.63, 3.8) is 0 Å². The van der Waals surface area contributed by atoms with E-state index in [9.17, 15) is 24.6 Å². The lowest BCUT2D eigenvalue weighted by molar-refractivity contribution is -0.229. The first-order chi connectivity index (χ1) is 15.4. The first-order valence-electron chi connectivity index (χ1n) is 11.7. The van der Waals surface area contributed by atoms with Gasteiger partial charge in [0.05, 0.1) is 6.10 Å². The second-order valence-electron chi connectivity index (χ2n) is 10.5. The summed E-state index contributed by atoms with van der Waals surface area (Å²) in [5.74, 6) is -3.24. The first kappa shape index (κ1) is 24.2. The number of carbonyl (C=O) groups excluding carboxylic acids is 3. The number of fused-ring (bicyclic) bond motifs is 5. The Hall–Kier alpha value is -1.93. The number of esters is 1. The van der Waals surface area contributed by atoms with Crippen LogP contribution in [0.1, 0.15) is 59.3 Å². The van der Waals surface area contributed by atoms with E-state index in [0.29, 0.717) is 6.42 Å². The Bertz CT molecular complexity index is 945. The maximum absolute atomic E-state index is 17.1. The molecule has 2 N–H and O–H groups in total. The van der Waals surface area contributed by atoms with E-state index in [2.05, 4.69) is 0 Å². The molecule has 8 atom stereocenters. The van der Waals surface area contributed by atoms with Crippen LogP contribution in [0, 0.1) is 22.7 Å². The van der Waals surface area contributed by atoms with Crippen molar-refractivity contribution in [2.45, 2.75) is 82.8 Å². The van der Waals surface area contributed by atoms with Crippen LogP contribution in [0.2, 0.25) is 0 Å². The van der Waals surface area contributed by atoms with E-state index in [4.69, 9.17) is 4.74 Å². The zero-order valence-corrected chi connectivity index (χ0v) is 19.3. The lowest BCUT2D eigenvalue weighted by Gasteiger charge is -2.63. The van der Waals surface area contributed by atoms with Crippen molar-refractivity contribution >= 4 is 17.5 Å². The van der Waals surface area contributed by atoms with Gasteiger partial charge in [-0.1, -0.05) is 19.9 Å². The van der Waals surface area contributed by atoms with Crippen LogP contribution < -0.4 is 0 Å². The van der Waals surface area contributed by atoms with Gasteiger partial charge in [0, 0.05) is 23.2 Å². The monoisotopic (exact) mass is 466 g/mol. The van der Waals surface area contributed by atoms with Crippen molar-refractivity contribution in [3.8, 4) is 0 Å². The number of carbonyl (C=O) groups is 3. The fraction of sp³-hybridized carbons (Fsp3) is 0.720. The predicted molar refractivity (Wildman–Crippen MR) is 114 cm³/mol. The Morgan fingerprint density at radius 2 is 1.97 bits per heavy atom. The molecular formula is C25H32F2O6. The molecule has 0 heterocycles. The average molecular weight is 467 g/mol. The van der Waals surface area contributed by atoms with Crippen molar-refractivity contribution in [2.75, 3.05) is 6.61 Å². The van der Waals surface area contributed by atoms with Crippen LogP contribution in [0.3, 0.4) is 0 Å². The zero-order valence-electron chi connectivity index (χ0n) is 19.3. The summed E-state index contributed by atoms with van der Waals surface area (Å²) in [5, 5.41) is 21.0. The molecule has 0 radical (unpaired) electrons. The number of aliphatic hydroxyl groups excluding tert-OH is 2. The lowest BCUT2D eigenvalue weighted by atomic mass is 9.44. The largest absolute Gasteiger partial charge is 0.450 e. The summed E-state index contributed by atoms with van der Waals surface area (Å²) in [7, 11) is 0. The number of rotatable bonds is 5. The molecule has 8 heteroatoms. The molecule has 0 bridgehead atoms. The first-order valence-corrected chi connectivity index (χ1v) is 11.7. The minimum absolute atomic E-state index is 0.0291. The quantitative estimate of drug-likeness (QED) is 0.605. The van der Waals surface area contributed by atoms with E-state index in [1.54, 1.807) is 13.8 Å². The van der Waals surface area contributed by atoms with E-state index < -0.39 is 70.4 Å². The van der Waals surface area contributed by atoms with Gasteiger partial charge < -0.3 is 14.9 Å². The Balaban J connectivity index is 1.82. The Labute approximate surface area is 192 Å². The number of alkyl halides is 2. The molecule has 4 aliphatic carbocycles. The summed E-state index contributed by atoms with van der Waals surface area (Å²) in [5.41, 5.74) is -6.64. The van der Waals surface area contributed by atoms with Crippen LogP contribution in [0.5, 0.6) is 0 Å². The molecule has 0 amide bonds. The highest BCUT2D eigenvalue weighted by Crippen LogP contribution is 2.70. The summed E-state index contributed by atoms with van der Waals surface area (Å²) >= 11 is 0. The molecule has 1 unspecified atom stereocenters. The van der Waals surface area contributed by atoms with Gasteiger partial charge >= 0.3 is 5.97 Å². The zero-order chi connectivity index (χ0) is 24.4. The van der Waals surface area contributed by atoms with Gasteiger partial charge in [-0.2, -0.15) is 0 Å². The summed E-state index contributed by atoms with van der Waals surface area (Å²) in [4.78, 5) is 37.4. The third-order valence-electron chi connectivity index (χ3n) is 9.08. The standard InChI is InChI=1S/C25H32F2O6/c1-4-5-21(32)33-24(20(31)13-28)9-7-15-16-11-18(26)17-10-14(29)6-8-22(17,2)25(16,27)19(30)12-23(15,24)3/h6,8,10,15-16,18-19,28,30H,4-5,7,9,11-13H2,1-3H3/t15-,16?,18-,19-,22-,23-,24-,25-/m0/s1. The van der Waals surface area contributed by atoms with Crippen molar-refractivity contribution in [1.29, 1.82) is 0 Å². The number of hydrogen-bond donors (Lipinski definition) is 2. The molecule has 33 heavy (non-hydrogen) atoms. The molecule has 3 fully saturated rings. The van der Waals surface area contributed by atoms with E-state index in [-0.39, 0.29) is 37.7 Å². The third-order valence-corrected chi connectivity index (χ3v) is 9.08. The van der Waals surface area contributed by atoms with Crippen LogP contribution in [0.15, 0.2) is 23.8 Å². The topological polar surface area (TPSA) is 101 Å². The van der Waals surface area contributed by atoms with Gasteiger partial charge in [0.15, 0.2) is 17.1 Å².